The molecule has 0 spiro atoms. The Morgan fingerprint density at radius 1 is 0.870 bits per heavy atom. The minimum Gasteiger partial charge on any atom is -0.480 e. The number of hydrogen-bond acceptors (Lipinski definition) is 4. The zero-order chi connectivity index (χ0) is 34.0. The van der Waals surface area contributed by atoms with E-state index in [4.69, 9.17) is 0 Å². The van der Waals surface area contributed by atoms with E-state index in [1.54, 1.807) is 0 Å². The van der Waals surface area contributed by atoms with Gasteiger partial charge in [0.15, 0.2) is 0 Å². The third-order valence-corrected chi connectivity index (χ3v) is 15.5. The second kappa shape index (κ2) is 12.2. The van der Waals surface area contributed by atoms with Crippen LogP contribution in [0.15, 0.2) is 12.2 Å². The number of carbonyl (C=O) groups excluding carboxylic acids is 2. The van der Waals surface area contributed by atoms with E-state index in [2.05, 4.69) is 58.8 Å². The molecule has 7 nitrogen and oxygen atoms in total. The molecule has 0 aliphatic heterocycles. The summed E-state index contributed by atoms with van der Waals surface area (Å²) in [6.45, 7) is 23.0. The molecule has 260 valence electrons. The van der Waals surface area contributed by atoms with Gasteiger partial charge in [-0.3, -0.25) is 9.59 Å². The fraction of sp³-hybridized carbons (Fsp3) is 0.872. The van der Waals surface area contributed by atoms with Gasteiger partial charge >= 0.3 is 5.97 Å². The molecule has 4 N–H and O–H groups in total. The Morgan fingerprint density at radius 2 is 1.57 bits per heavy atom. The summed E-state index contributed by atoms with van der Waals surface area (Å²) in [4.78, 5) is 38.7. The van der Waals surface area contributed by atoms with Gasteiger partial charge in [0, 0.05) is 13.0 Å². The van der Waals surface area contributed by atoms with Gasteiger partial charge in [0.05, 0.1) is 11.5 Å². The van der Waals surface area contributed by atoms with Crippen molar-refractivity contribution in [1.29, 1.82) is 0 Å². The summed E-state index contributed by atoms with van der Waals surface area (Å²) < 4.78 is 0. The highest BCUT2D eigenvalue weighted by atomic mass is 16.4. The minimum atomic E-state index is -1.02. The molecule has 5 saturated carbocycles. The molecule has 5 aliphatic rings. The topological polar surface area (TPSA) is 116 Å². The molecule has 0 aromatic heterocycles. The second-order valence-electron chi connectivity index (χ2n) is 18.3. The Balaban J connectivity index is 1.36. The number of aliphatic hydroxyl groups is 1. The van der Waals surface area contributed by atoms with E-state index in [1.807, 2.05) is 13.8 Å². The summed E-state index contributed by atoms with van der Waals surface area (Å²) in [6, 6.07) is -0.910. The minimum absolute atomic E-state index is 0.0672. The number of allylic oxidation sites excluding steroid dienone is 1. The quantitative estimate of drug-likeness (QED) is 0.200. The first-order chi connectivity index (χ1) is 21.3. The van der Waals surface area contributed by atoms with Gasteiger partial charge in [0.25, 0.3) is 0 Å². The van der Waals surface area contributed by atoms with Gasteiger partial charge < -0.3 is 20.8 Å². The van der Waals surface area contributed by atoms with Crippen LogP contribution in [0.25, 0.3) is 0 Å². The summed E-state index contributed by atoms with van der Waals surface area (Å²) >= 11 is 0. The van der Waals surface area contributed by atoms with Crippen molar-refractivity contribution in [2.75, 3.05) is 6.54 Å². The number of carbonyl (C=O) groups is 3. The van der Waals surface area contributed by atoms with Gasteiger partial charge in [-0.15, -0.1) is 0 Å². The summed E-state index contributed by atoms with van der Waals surface area (Å²) in [7, 11) is 0. The second-order valence-corrected chi connectivity index (χ2v) is 18.3. The molecule has 5 aliphatic carbocycles. The van der Waals surface area contributed by atoms with E-state index in [0.717, 1.165) is 51.4 Å². The lowest BCUT2D eigenvalue weighted by atomic mass is 9.32. The molecule has 0 unspecified atom stereocenters. The number of rotatable bonds is 9. The summed E-state index contributed by atoms with van der Waals surface area (Å²) in [6.07, 6.45) is 10.7. The van der Waals surface area contributed by atoms with Crippen LogP contribution in [0.2, 0.25) is 0 Å². The van der Waals surface area contributed by atoms with Crippen molar-refractivity contribution >= 4 is 17.8 Å². The van der Waals surface area contributed by atoms with Gasteiger partial charge in [0.1, 0.15) is 6.04 Å². The molecule has 7 heteroatoms. The Hall–Kier alpha value is -1.89. The Bertz CT molecular complexity index is 1230. The molecule has 0 heterocycles. The van der Waals surface area contributed by atoms with Crippen molar-refractivity contribution in [2.45, 2.75) is 145 Å². The molecule has 0 aromatic carbocycles. The van der Waals surface area contributed by atoms with Crippen molar-refractivity contribution in [2.24, 2.45) is 62.6 Å². The lowest BCUT2D eigenvalue weighted by Gasteiger charge is -2.72. The number of amides is 2. The number of carboxylic acids is 1. The molecule has 5 fully saturated rings. The number of aliphatic carboxylic acids is 1. The normalized spacial score (nSPS) is 43.3. The number of hydrogen-bond donors (Lipinski definition) is 4. The molecular weight excluding hydrogens is 576 g/mol. The molecule has 46 heavy (non-hydrogen) atoms. The molecule has 0 radical (unpaired) electrons. The molecule has 2 amide bonds. The van der Waals surface area contributed by atoms with Crippen LogP contribution in [0.3, 0.4) is 0 Å². The summed E-state index contributed by atoms with van der Waals surface area (Å²) in [5.41, 5.74) is 1.19. The van der Waals surface area contributed by atoms with Gasteiger partial charge in [-0.25, -0.2) is 4.79 Å². The zero-order valence-corrected chi connectivity index (χ0v) is 30.1. The average Bonchev–Trinajstić information content (AvgIpc) is 3.36. The monoisotopic (exact) mass is 640 g/mol. The lowest BCUT2D eigenvalue weighted by Crippen LogP contribution is -2.67. The summed E-state index contributed by atoms with van der Waals surface area (Å²) in [5, 5.41) is 26.4. The van der Waals surface area contributed by atoms with E-state index in [-0.39, 0.29) is 64.4 Å². The van der Waals surface area contributed by atoms with Crippen LogP contribution in [0.5, 0.6) is 0 Å². The van der Waals surface area contributed by atoms with Crippen molar-refractivity contribution in [3.63, 3.8) is 0 Å². The number of fused-ring (bicyclic) bond motifs is 7. The third-order valence-electron chi connectivity index (χ3n) is 15.5. The molecule has 0 saturated heterocycles. The van der Waals surface area contributed by atoms with Crippen molar-refractivity contribution < 1.29 is 24.6 Å². The van der Waals surface area contributed by atoms with E-state index in [9.17, 15) is 24.6 Å². The standard InChI is InChI=1S/C39H64N2O5/c1-23(2)22-27(33(44)45)41-31(43)15-21-40-34(46)39-18-12-25(24(3)4)32(39)26-10-11-29-36(7)16-14-30(42)35(5,6)28(36)13-17-38(29,9)37(26,8)19-20-39/h23,25-30,32,42H,3,10-22H2,1-2,4-9H3,(H,40,46)(H,41,43)(H,44,45)/t25-,26+,27-,28-,29+,30-,32+,36-,37+,38+,39-/m0/s1. The first-order valence-corrected chi connectivity index (χ1v) is 18.5. The fourth-order valence-electron chi connectivity index (χ4n) is 12.9. The number of carboxylic acid groups (broad SMARTS) is 1. The van der Waals surface area contributed by atoms with E-state index < -0.39 is 17.4 Å². The smallest absolute Gasteiger partial charge is 0.326 e. The van der Waals surface area contributed by atoms with Crippen LogP contribution in [-0.4, -0.2) is 46.7 Å². The predicted molar refractivity (Wildman–Crippen MR) is 182 cm³/mol. The lowest BCUT2D eigenvalue weighted by molar-refractivity contribution is -0.246. The number of nitrogens with one attached hydrogen (secondary N) is 2. The van der Waals surface area contributed by atoms with E-state index >= 15 is 0 Å². The largest absolute Gasteiger partial charge is 0.480 e. The van der Waals surface area contributed by atoms with Gasteiger partial charge in [0.2, 0.25) is 11.8 Å². The first kappa shape index (κ1) is 35.4. The van der Waals surface area contributed by atoms with Crippen molar-refractivity contribution in [3.8, 4) is 0 Å². The van der Waals surface area contributed by atoms with Gasteiger partial charge in [-0.05, 0) is 135 Å². The summed E-state index contributed by atoms with van der Waals surface area (Å²) in [5.74, 6) is 1.02. The van der Waals surface area contributed by atoms with Gasteiger partial charge in [-0.1, -0.05) is 60.6 Å². The van der Waals surface area contributed by atoms with Crippen LogP contribution in [0.4, 0.5) is 0 Å². The van der Waals surface area contributed by atoms with Crippen LogP contribution in [0.1, 0.15) is 132 Å². The Labute approximate surface area is 278 Å². The van der Waals surface area contributed by atoms with Crippen LogP contribution in [-0.2, 0) is 14.4 Å². The van der Waals surface area contributed by atoms with Crippen molar-refractivity contribution in [3.05, 3.63) is 12.2 Å². The van der Waals surface area contributed by atoms with Gasteiger partial charge in [-0.2, -0.15) is 0 Å². The highest BCUT2D eigenvalue weighted by Gasteiger charge is 2.71. The highest BCUT2D eigenvalue weighted by molar-refractivity contribution is 5.86. The van der Waals surface area contributed by atoms with Crippen LogP contribution >= 0.6 is 0 Å². The zero-order valence-electron chi connectivity index (χ0n) is 30.1. The Kier molecular flexibility index (Phi) is 9.40. The predicted octanol–water partition coefficient (Wildman–Crippen LogP) is 7.13. The SMILES string of the molecule is C=C(C)[C@@H]1CC[C@]2(C(=O)NCCC(=O)N[C@@H](CC(C)C)C(=O)O)CC[C@]3(C)[C@H](CC[C@@H]4[C@@]5(C)CC[C@H](O)C(C)(C)[C@@H]5CC[C@]43C)[C@@H]12. The molecule has 0 aromatic rings. The molecule has 0 bridgehead atoms. The van der Waals surface area contributed by atoms with Crippen molar-refractivity contribution in [1.82, 2.24) is 10.6 Å². The fourth-order valence-corrected chi connectivity index (χ4v) is 12.9. The van der Waals surface area contributed by atoms with Crippen LogP contribution in [0, 0.1) is 62.6 Å². The molecule has 11 atom stereocenters. The average molecular weight is 641 g/mol. The van der Waals surface area contributed by atoms with E-state index in [1.165, 1.54) is 18.4 Å². The van der Waals surface area contributed by atoms with E-state index in [0.29, 0.717) is 30.1 Å². The molecular formula is C39H64N2O5. The molecule has 5 rings (SSSR count). The maximum Gasteiger partial charge on any atom is 0.326 e. The maximum atomic E-state index is 14.3. The maximum absolute atomic E-state index is 14.3. The highest BCUT2D eigenvalue weighted by Crippen LogP contribution is 2.77. The first-order valence-electron chi connectivity index (χ1n) is 18.5. The third kappa shape index (κ3) is 5.37. The Morgan fingerprint density at radius 3 is 2.20 bits per heavy atom. The number of aliphatic hydroxyl groups excluding tert-OH is 1. The van der Waals surface area contributed by atoms with Crippen LogP contribution < -0.4 is 10.6 Å².